The highest BCUT2D eigenvalue weighted by molar-refractivity contribution is 6.30. The standard InChI is InChI=1S/C18H14Cl2N2O/c19-13-6-4-12(5-7-13)15-10-16(15)18-22-21-17(23-18)9-11-2-1-3-14(20)8-11/h1-8,15-16H,9-10H2. The summed E-state index contributed by atoms with van der Waals surface area (Å²) in [5, 5.41) is 9.85. The molecule has 2 unspecified atom stereocenters. The highest BCUT2D eigenvalue weighted by atomic mass is 35.5. The highest BCUT2D eigenvalue weighted by Crippen LogP contribution is 2.54. The first kappa shape index (κ1) is 14.7. The molecule has 1 heterocycles. The fourth-order valence-corrected chi connectivity index (χ4v) is 3.19. The fourth-order valence-electron chi connectivity index (χ4n) is 2.86. The molecule has 1 aromatic heterocycles. The number of hydrogen-bond donors (Lipinski definition) is 0. The van der Waals surface area contributed by atoms with E-state index in [4.69, 9.17) is 27.6 Å². The first-order chi connectivity index (χ1) is 11.2. The molecule has 1 aliphatic rings. The maximum Gasteiger partial charge on any atom is 0.220 e. The number of hydrogen-bond acceptors (Lipinski definition) is 3. The summed E-state index contributed by atoms with van der Waals surface area (Å²) < 4.78 is 5.84. The molecule has 0 spiro atoms. The van der Waals surface area contributed by atoms with Crippen LogP contribution >= 0.6 is 23.2 Å². The van der Waals surface area contributed by atoms with Crippen LogP contribution in [0.2, 0.25) is 10.0 Å². The predicted molar refractivity (Wildman–Crippen MR) is 90.1 cm³/mol. The normalized spacial score (nSPS) is 19.7. The molecule has 116 valence electrons. The van der Waals surface area contributed by atoms with Crippen LogP contribution in [-0.4, -0.2) is 10.2 Å². The molecule has 2 aromatic carbocycles. The average Bonchev–Trinajstić information content (AvgIpc) is 3.20. The van der Waals surface area contributed by atoms with Gasteiger partial charge in [-0.25, -0.2) is 0 Å². The van der Waals surface area contributed by atoms with E-state index in [-0.39, 0.29) is 0 Å². The Morgan fingerprint density at radius 2 is 1.78 bits per heavy atom. The van der Waals surface area contributed by atoms with Crippen LogP contribution in [0.15, 0.2) is 52.9 Å². The van der Waals surface area contributed by atoms with E-state index in [1.807, 2.05) is 36.4 Å². The number of rotatable bonds is 4. The lowest BCUT2D eigenvalue weighted by atomic mass is 10.1. The Bertz CT molecular complexity index is 829. The Balaban J connectivity index is 1.46. The van der Waals surface area contributed by atoms with Crippen molar-refractivity contribution in [2.45, 2.75) is 24.7 Å². The van der Waals surface area contributed by atoms with Crippen LogP contribution < -0.4 is 0 Å². The Labute approximate surface area is 144 Å². The Hall–Kier alpha value is -1.84. The van der Waals surface area contributed by atoms with Gasteiger partial charge in [0.2, 0.25) is 11.8 Å². The molecule has 23 heavy (non-hydrogen) atoms. The summed E-state index contributed by atoms with van der Waals surface area (Å²) in [6, 6.07) is 15.7. The minimum atomic E-state index is 0.316. The number of nitrogens with zero attached hydrogens (tertiary/aromatic N) is 2. The van der Waals surface area contributed by atoms with Crippen molar-refractivity contribution in [3.8, 4) is 0 Å². The van der Waals surface area contributed by atoms with Crippen LogP contribution in [0, 0.1) is 0 Å². The van der Waals surface area contributed by atoms with E-state index in [1.165, 1.54) is 5.56 Å². The molecule has 1 aliphatic carbocycles. The van der Waals surface area contributed by atoms with Gasteiger partial charge in [0.1, 0.15) is 0 Å². The summed E-state index contributed by atoms with van der Waals surface area (Å²) in [4.78, 5) is 0. The quantitative estimate of drug-likeness (QED) is 0.649. The number of aromatic nitrogens is 2. The van der Waals surface area contributed by atoms with E-state index in [0.717, 1.165) is 22.9 Å². The number of halogens is 2. The van der Waals surface area contributed by atoms with Crippen molar-refractivity contribution in [3.05, 3.63) is 81.5 Å². The van der Waals surface area contributed by atoms with Crippen molar-refractivity contribution in [2.75, 3.05) is 0 Å². The van der Waals surface area contributed by atoms with Crippen LogP contribution in [0.3, 0.4) is 0 Å². The largest absolute Gasteiger partial charge is 0.425 e. The second kappa shape index (κ2) is 5.99. The minimum Gasteiger partial charge on any atom is -0.425 e. The molecule has 0 saturated heterocycles. The summed E-state index contributed by atoms with van der Waals surface area (Å²) in [6.07, 6.45) is 1.65. The van der Waals surface area contributed by atoms with Gasteiger partial charge in [0.05, 0.1) is 6.42 Å². The summed E-state index contributed by atoms with van der Waals surface area (Å²) >= 11 is 11.9. The van der Waals surface area contributed by atoms with Gasteiger partial charge in [-0.3, -0.25) is 0 Å². The van der Waals surface area contributed by atoms with Crippen molar-refractivity contribution >= 4 is 23.2 Å². The molecule has 0 radical (unpaired) electrons. The lowest BCUT2D eigenvalue weighted by Crippen LogP contribution is -1.87. The molecule has 5 heteroatoms. The van der Waals surface area contributed by atoms with Crippen LogP contribution in [0.4, 0.5) is 0 Å². The van der Waals surface area contributed by atoms with E-state index < -0.39 is 0 Å². The monoisotopic (exact) mass is 344 g/mol. The summed E-state index contributed by atoms with van der Waals surface area (Å²) in [7, 11) is 0. The molecule has 0 bridgehead atoms. The Morgan fingerprint density at radius 1 is 0.957 bits per heavy atom. The van der Waals surface area contributed by atoms with Crippen LogP contribution in [0.1, 0.15) is 41.2 Å². The zero-order valence-corrected chi connectivity index (χ0v) is 13.8. The zero-order valence-electron chi connectivity index (χ0n) is 12.2. The zero-order chi connectivity index (χ0) is 15.8. The molecular weight excluding hydrogens is 331 g/mol. The van der Waals surface area contributed by atoms with E-state index in [9.17, 15) is 0 Å². The molecule has 0 N–H and O–H groups in total. The Morgan fingerprint density at radius 3 is 2.57 bits per heavy atom. The SMILES string of the molecule is Clc1ccc(C2CC2c2nnc(Cc3cccc(Cl)c3)o2)cc1. The first-order valence-corrected chi connectivity index (χ1v) is 8.27. The van der Waals surface area contributed by atoms with E-state index in [0.29, 0.717) is 29.2 Å². The van der Waals surface area contributed by atoms with E-state index in [2.05, 4.69) is 22.3 Å². The van der Waals surface area contributed by atoms with Gasteiger partial charge < -0.3 is 4.42 Å². The van der Waals surface area contributed by atoms with Gasteiger partial charge in [0.15, 0.2) is 0 Å². The molecule has 4 rings (SSSR count). The van der Waals surface area contributed by atoms with Gasteiger partial charge in [0.25, 0.3) is 0 Å². The highest BCUT2D eigenvalue weighted by Gasteiger charge is 2.43. The summed E-state index contributed by atoms with van der Waals surface area (Å²) in [5.74, 6) is 2.12. The smallest absolute Gasteiger partial charge is 0.220 e. The van der Waals surface area contributed by atoms with Crippen LogP contribution in [0.25, 0.3) is 0 Å². The maximum absolute atomic E-state index is 6.00. The molecular formula is C18H14Cl2N2O. The van der Waals surface area contributed by atoms with Gasteiger partial charge in [-0.05, 0) is 47.7 Å². The number of benzene rings is 2. The van der Waals surface area contributed by atoms with Crippen LogP contribution in [-0.2, 0) is 6.42 Å². The Kier molecular flexibility index (Phi) is 3.83. The van der Waals surface area contributed by atoms with E-state index in [1.54, 1.807) is 0 Å². The van der Waals surface area contributed by atoms with Crippen molar-refractivity contribution in [1.29, 1.82) is 0 Å². The van der Waals surface area contributed by atoms with Gasteiger partial charge in [-0.2, -0.15) is 0 Å². The molecule has 1 fully saturated rings. The molecule has 2 atom stereocenters. The van der Waals surface area contributed by atoms with Gasteiger partial charge in [-0.1, -0.05) is 47.5 Å². The molecule has 0 aliphatic heterocycles. The van der Waals surface area contributed by atoms with Crippen LogP contribution in [0.5, 0.6) is 0 Å². The van der Waals surface area contributed by atoms with Crippen molar-refractivity contribution in [2.24, 2.45) is 0 Å². The van der Waals surface area contributed by atoms with E-state index >= 15 is 0 Å². The second-order valence-electron chi connectivity index (χ2n) is 5.84. The average molecular weight is 345 g/mol. The lowest BCUT2D eigenvalue weighted by Gasteiger charge is -1.99. The molecule has 1 saturated carbocycles. The summed E-state index contributed by atoms with van der Waals surface area (Å²) in [6.45, 7) is 0. The van der Waals surface area contributed by atoms with Crippen molar-refractivity contribution in [3.63, 3.8) is 0 Å². The van der Waals surface area contributed by atoms with Crippen molar-refractivity contribution < 1.29 is 4.42 Å². The predicted octanol–water partition coefficient (Wildman–Crippen LogP) is 5.24. The fraction of sp³-hybridized carbons (Fsp3) is 0.222. The van der Waals surface area contributed by atoms with Gasteiger partial charge >= 0.3 is 0 Å². The third-order valence-electron chi connectivity index (χ3n) is 4.13. The third-order valence-corrected chi connectivity index (χ3v) is 4.62. The van der Waals surface area contributed by atoms with Gasteiger partial charge in [-0.15, -0.1) is 10.2 Å². The molecule has 3 nitrogen and oxygen atoms in total. The second-order valence-corrected chi connectivity index (χ2v) is 6.71. The maximum atomic E-state index is 6.00. The third kappa shape index (κ3) is 3.26. The first-order valence-electron chi connectivity index (χ1n) is 7.51. The topological polar surface area (TPSA) is 38.9 Å². The lowest BCUT2D eigenvalue weighted by molar-refractivity contribution is 0.457. The summed E-state index contributed by atoms with van der Waals surface area (Å²) in [5.41, 5.74) is 2.34. The molecule has 0 amide bonds. The van der Waals surface area contributed by atoms with Crippen molar-refractivity contribution in [1.82, 2.24) is 10.2 Å². The minimum absolute atomic E-state index is 0.316. The van der Waals surface area contributed by atoms with Gasteiger partial charge in [0, 0.05) is 16.0 Å². The molecule has 3 aromatic rings.